The van der Waals surface area contributed by atoms with Gasteiger partial charge in [0, 0.05) is 0 Å². The molecule has 0 N–H and O–H groups in total. The normalized spacial score (nSPS) is 25.8. The first-order valence-corrected chi connectivity index (χ1v) is 11.2. The van der Waals surface area contributed by atoms with Gasteiger partial charge in [-0.15, -0.1) is 0 Å². The Hall–Kier alpha value is -3.12. The van der Waals surface area contributed by atoms with Crippen molar-refractivity contribution >= 4 is 29.6 Å². The van der Waals surface area contributed by atoms with E-state index in [4.69, 9.17) is 21.1 Å². The molecule has 1 saturated carbocycles. The van der Waals surface area contributed by atoms with Crippen molar-refractivity contribution in [3.8, 4) is 11.5 Å². The van der Waals surface area contributed by atoms with Gasteiger partial charge in [0.2, 0.25) is 0 Å². The highest BCUT2D eigenvalue weighted by Gasteiger charge is 2.59. The third-order valence-electron chi connectivity index (χ3n) is 6.33. The van der Waals surface area contributed by atoms with Crippen molar-refractivity contribution < 1.29 is 19.1 Å². The molecule has 1 saturated heterocycles. The lowest BCUT2D eigenvalue weighted by Crippen LogP contribution is -2.28. The molecule has 2 aliphatic carbocycles. The number of nitrogens with zero attached hydrogens (tertiary/aromatic N) is 2. The third-order valence-corrected chi connectivity index (χ3v) is 6.61. The summed E-state index contributed by atoms with van der Waals surface area (Å²) in [7, 11) is 0. The highest BCUT2D eigenvalue weighted by molar-refractivity contribution is 6.32. The van der Waals surface area contributed by atoms with Crippen LogP contribution in [-0.4, -0.2) is 29.6 Å². The molecule has 0 spiro atoms. The van der Waals surface area contributed by atoms with E-state index < -0.39 is 0 Å². The molecular formula is C25H23ClN2O4. The average Bonchev–Trinajstić information content (AvgIpc) is 3.47. The number of hydrogen-bond acceptors (Lipinski definition) is 5. The summed E-state index contributed by atoms with van der Waals surface area (Å²) in [4.78, 5) is 25.6. The maximum atomic E-state index is 12.8. The van der Waals surface area contributed by atoms with Crippen LogP contribution < -0.4 is 9.47 Å². The maximum absolute atomic E-state index is 12.8. The predicted molar refractivity (Wildman–Crippen MR) is 121 cm³/mol. The summed E-state index contributed by atoms with van der Waals surface area (Å²) in [5.41, 5.74) is 1.63. The van der Waals surface area contributed by atoms with Crippen molar-refractivity contribution in [3.63, 3.8) is 0 Å². The van der Waals surface area contributed by atoms with Crippen LogP contribution >= 0.6 is 11.6 Å². The number of hydrogen-bond donors (Lipinski definition) is 0. The van der Waals surface area contributed by atoms with Gasteiger partial charge in [0.05, 0.1) is 29.7 Å². The second kappa shape index (κ2) is 8.43. The van der Waals surface area contributed by atoms with Crippen LogP contribution in [0, 0.1) is 23.7 Å². The van der Waals surface area contributed by atoms with E-state index in [1.165, 1.54) is 6.21 Å². The van der Waals surface area contributed by atoms with Gasteiger partial charge in [-0.1, -0.05) is 54.1 Å². The molecule has 3 aliphatic rings. The van der Waals surface area contributed by atoms with Gasteiger partial charge < -0.3 is 9.47 Å². The van der Waals surface area contributed by atoms with Crippen molar-refractivity contribution in [1.29, 1.82) is 0 Å². The SMILES string of the molecule is CCOc1cc(C=NN2C(=O)[C@@H]3[C@H](C2=O)[C@H]2C=C[C@H]3C2)cc(Cl)c1OCc1ccccc1. The Morgan fingerprint density at radius 3 is 2.41 bits per heavy atom. The summed E-state index contributed by atoms with van der Waals surface area (Å²) in [5, 5.41) is 5.62. The Bertz CT molecular complexity index is 1080. The predicted octanol–water partition coefficient (Wildman–Crippen LogP) is 4.46. The van der Waals surface area contributed by atoms with E-state index in [9.17, 15) is 9.59 Å². The summed E-state index contributed by atoms with van der Waals surface area (Å²) >= 11 is 6.49. The molecule has 2 aromatic carbocycles. The third kappa shape index (κ3) is 3.58. The summed E-state index contributed by atoms with van der Waals surface area (Å²) in [6.07, 6.45) is 6.49. The van der Waals surface area contributed by atoms with Crippen molar-refractivity contribution in [3.05, 3.63) is 70.8 Å². The molecule has 1 aliphatic heterocycles. The van der Waals surface area contributed by atoms with Gasteiger partial charge in [0.1, 0.15) is 6.61 Å². The number of carbonyl (C=O) groups is 2. The van der Waals surface area contributed by atoms with Gasteiger partial charge in [-0.3, -0.25) is 9.59 Å². The van der Waals surface area contributed by atoms with Crippen molar-refractivity contribution in [1.82, 2.24) is 5.01 Å². The number of ether oxygens (including phenoxy) is 2. The Kier molecular flexibility index (Phi) is 5.47. The van der Waals surface area contributed by atoms with Gasteiger partial charge in [0.15, 0.2) is 11.5 Å². The number of benzene rings is 2. The molecule has 0 aromatic heterocycles. The highest BCUT2D eigenvalue weighted by atomic mass is 35.5. The maximum Gasteiger partial charge on any atom is 0.254 e. The number of rotatable bonds is 7. The number of halogens is 1. The fourth-order valence-electron chi connectivity index (χ4n) is 4.92. The van der Waals surface area contributed by atoms with Gasteiger partial charge in [-0.05, 0) is 48.4 Å². The Morgan fingerprint density at radius 2 is 1.75 bits per heavy atom. The number of fused-ring (bicyclic) bond motifs is 5. The molecule has 0 radical (unpaired) electrons. The van der Waals surface area contributed by atoms with E-state index in [1.807, 2.05) is 37.3 Å². The monoisotopic (exact) mass is 450 g/mol. The molecule has 1 heterocycles. The fourth-order valence-corrected chi connectivity index (χ4v) is 5.19. The Labute approximate surface area is 191 Å². The molecule has 2 bridgehead atoms. The molecule has 2 aromatic rings. The van der Waals surface area contributed by atoms with E-state index in [0.717, 1.165) is 17.0 Å². The fraction of sp³-hybridized carbons (Fsp3) is 0.320. The van der Waals surface area contributed by atoms with Gasteiger partial charge in [-0.2, -0.15) is 10.1 Å². The summed E-state index contributed by atoms with van der Waals surface area (Å²) in [6, 6.07) is 13.2. The number of imide groups is 1. The summed E-state index contributed by atoms with van der Waals surface area (Å²) in [6.45, 7) is 2.66. The molecule has 164 valence electrons. The number of carbonyl (C=O) groups excluding carboxylic acids is 2. The van der Waals surface area contributed by atoms with Crippen LogP contribution in [0.15, 0.2) is 59.7 Å². The van der Waals surface area contributed by atoms with Crippen LogP contribution in [0.25, 0.3) is 0 Å². The number of amides is 2. The average molecular weight is 451 g/mol. The molecule has 0 unspecified atom stereocenters. The Morgan fingerprint density at radius 1 is 1.06 bits per heavy atom. The standard InChI is InChI=1S/C25H23ClN2O4/c1-2-31-20-11-16(10-19(26)23(20)32-14-15-6-4-3-5-7-15)13-27-28-24(29)21-17-8-9-18(12-17)22(21)25(28)30/h3-11,13,17-18,21-22H,2,12,14H2,1H3/t17-,18-,21-,22+/m0/s1. The molecule has 6 nitrogen and oxygen atoms in total. The first kappa shape index (κ1) is 20.8. The summed E-state index contributed by atoms with van der Waals surface area (Å²) in [5.74, 6) is 0.259. The largest absolute Gasteiger partial charge is 0.490 e. The van der Waals surface area contributed by atoms with Crippen molar-refractivity contribution in [2.45, 2.75) is 20.0 Å². The van der Waals surface area contributed by atoms with Crippen LogP contribution in [0.1, 0.15) is 24.5 Å². The minimum absolute atomic E-state index is 0.154. The topological polar surface area (TPSA) is 68.2 Å². The lowest BCUT2D eigenvalue weighted by atomic mass is 9.85. The first-order chi connectivity index (χ1) is 15.6. The van der Waals surface area contributed by atoms with Gasteiger partial charge in [-0.25, -0.2) is 0 Å². The summed E-state index contributed by atoms with van der Waals surface area (Å²) < 4.78 is 11.7. The molecule has 7 heteroatoms. The zero-order valence-corrected chi connectivity index (χ0v) is 18.4. The second-order valence-electron chi connectivity index (χ2n) is 8.27. The van der Waals surface area contributed by atoms with Crippen LogP contribution in [0.5, 0.6) is 11.5 Å². The zero-order valence-electron chi connectivity index (χ0n) is 17.6. The van der Waals surface area contributed by atoms with Crippen LogP contribution in [-0.2, 0) is 16.2 Å². The second-order valence-corrected chi connectivity index (χ2v) is 8.68. The van der Waals surface area contributed by atoms with Gasteiger partial charge >= 0.3 is 0 Å². The van der Waals surface area contributed by atoms with Crippen molar-refractivity contribution in [2.24, 2.45) is 28.8 Å². The van der Waals surface area contributed by atoms with E-state index in [0.29, 0.717) is 35.3 Å². The lowest BCUT2D eigenvalue weighted by Gasteiger charge is -2.15. The van der Waals surface area contributed by atoms with E-state index in [-0.39, 0.29) is 35.5 Å². The zero-order chi connectivity index (χ0) is 22.2. The number of allylic oxidation sites excluding steroid dienone is 2. The van der Waals surface area contributed by atoms with Gasteiger partial charge in [0.25, 0.3) is 11.8 Å². The number of hydrazone groups is 1. The molecule has 2 amide bonds. The lowest BCUT2D eigenvalue weighted by molar-refractivity contribution is -0.140. The Balaban J connectivity index is 1.35. The van der Waals surface area contributed by atoms with E-state index >= 15 is 0 Å². The molecule has 2 fully saturated rings. The quantitative estimate of drug-likeness (QED) is 0.355. The molecule has 4 atom stereocenters. The molecule has 5 rings (SSSR count). The van der Waals surface area contributed by atoms with Crippen LogP contribution in [0.3, 0.4) is 0 Å². The minimum Gasteiger partial charge on any atom is -0.490 e. The van der Waals surface area contributed by atoms with E-state index in [1.54, 1.807) is 12.1 Å². The van der Waals surface area contributed by atoms with Crippen molar-refractivity contribution in [2.75, 3.05) is 6.61 Å². The minimum atomic E-state index is -0.272. The van der Waals surface area contributed by atoms with E-state index in [2.05, 4.69) is 17.3 Å². The van der Waals surface area contributed by atoms with Crippen LogP contribution in [0.4, 0.5) is 0 Å². The smallest absolute Gasteiger partial charge is 0.254 e. The first-order valence-electron chi connectivity index (χ1n) is 10.8. The molecular weight excluding hydrogens is 428 g/mol. The molecule has 32 heavy (non-hydrogen) atoms. The van der Waals surface area contributed by atoms with Crippen LogP contribution in [0.2, 0.25) is 5.02 Å². The highest BCUT2D eigenvalue weighted by Crippen LogP contribution is 2.52.